The fourth-order valence-corrected chi connectivity index (χ4v) is 8.53. The van der Waals surface area contributed by atoms with Gasteiger partial charge in [-0.1, -0.05) is 76.9 Å². The summed E-state index contributed by atoms with van der Waals surface area (Å²) in [4.78, 5) is 0.565. The first-order chi connectivity index (χ1) is 28.6. The van der Waals surface area contributed by atoms with Gasteiger partial charge in [0.25, 0.3) is 0 Å². The van der Waals surface area contributed by atoms with Gasteiger partial charge in [-0.3, -0.25) is 12.2 Å². The summed E-state index contributed by atoms with van der Waals surface area (Å²) in [7, 11) is -7.24. The standard InChI is InChI=1S/2C19H22F2NO2S.2C5H5.Ti/c2*1-14(2)12-16-6-3-4-8-19(16)25(23,24)22-11-5-7-15-9-10-17(20)13-18(15)21;2*1-2-4-5-3-1;/h2*3-4,6,8-10,14,22H,5,7,11-12H2,1-2H3;2*1-3H,4H2;/q4*-1;+4. The summed E-state index contributed by atoms with van der Waals surface area (Å²) in [6.45, 7) is 8.48. The van der Waals surface area contributed by atoms with Crippen LogP contribution in [0.3, 0.4) is 0 Å². The van der Waals surface area contributed by atoms with Crippen LogP contribution in [0, 0.1) is 59.4 Å². The molecule has 324 valence electrons. The van der Waals surface area contributed by atoms with Crippen LogP contribution in [0.15, 0.2) is 119 Å². The van der Waals surface area contributed by atoms with E-state index >= 15 is 0 Å². The van der Waals surface area contributed by atoms with Crippen LogP contribution in [0.4, 0.5) is 17.6 Å². The molecule has 4 aromatic carbocycles. The average molecular weight is 911 g/mol. The zero-order valence-electron chi connectivity index (χ0n) is 35.1. The maximum absolute atomic E-state index is 13.5. The molecule has 0 bridgehead atoms. The van der Waals surface area contributed by atoms with Gasteiger partial charge in [-0.2, -0.15) is 24.3 Å². The Hall–Kier alpha value is -3.91. The van der Waals surface area contributed by atoms with Gasteiger partial charge in [-0.25, -0.2) is 68.1 Å². The first kappa shape index (κ1) is 53.2. The molecule has 6 rings (SSSR count). The van der Waals surface area contributed by atoms with Crippen molar-refractivity contribution < 1.29 is 56.1 Å². The van der Waals surface area contributed by atoms with Gasteiger partial charge in [0.2, 0.25) is 20.0 Å². The van der Waals surface area contributed by atoms with E-state index in [4.69, 9.17) is 0 Å². The van der Waals surface area contributed by atoms with Crippen LogP contribution in [0.1, 0.15) is 75.6 Å². The van der Waals surface area contributed by atoms with Crippen LogP contribution < -0.4 is 9.44 Å². The number of nitrogens with one attached hydrogen (secondary N) is 2. The molecule has 0 amide bonds. The molecule has 0 heterocycles. The maximum atomic E-state index is 13.5. The van der Waals surface area contributed by atoms with E-state index in [2.05, 4.69) is 33.7 Å². The third kappa shape index (κ3) is 20.2. The van der Waals surface area contributed by atoms with Crippen molar-refractivity contribution in [2.24, 2.45) is 11.8 Å². The van der Waals surface area contributed by atoms with Gasteiger partial charge in [-0.05, 0) is 60.8 Å². The Morgan fingerprint density at radius 1 is 0.557 bits per heavy atom. The summed E-state index contributed by atoms with van der Waals surface area (Å²) in [5, 5.41) is 0. The minimum absolute atomic E-state index is 0. The second-order valence-corrected chi connectivity index (χ2v) is 18.2. The van der Waals surface area contributed by atoms with Gasteiger partial charge in [0, 0.05) is 36.4 Å². The molecular formula is C48H54F4N2O4S2Ti. The molecule has 0 fully saturated rings. The van der Waals surface area contributed by atoms with Crippen LogP contribution in [-0.4, -0.2) is 29.9 Å². The van der Waals surface area contributed by atoms with E-state index in [1.165, 1.54) is 12.1 Å². The molecule has 0 unspecified atom stereocenters. The maximum Gasteiger partial charge on any atom is 4.00 e. The number of allylic oxidation sites excluding steroid dienone is 8. The number of hydrogen-bond acceptors (Lipinski definition) is 4. The molecule has 13 heteroatoms. The van der Waals surface area contributed by atoms with E-state index in [1.54, 1.807) is 24.3 Å². The first-order valence-electron chi connectivity index (χ1n) is 19.9. The molecule has 0 aromatic heterocycles. The summed E-state index contributed by atoms with van der Waals surface area (Å²) in [6, 6.07) is 22.8. The summed E-state index contributed by atoms with van der Waals surface area (Å²) in [6.07, 6.45) is 22.8. The van der Waals surface area contributed by atoms with E-state index < -0.39 is 43.3 Å². The van der Waals surface area contributed by atoms with Crippen LogP contribution in [0.2, 0.25) is 0 Å². The molecular weight excluding hydrogens is 857 g/mol. The average Bonchev–Trinajstić information content (AvgIpc) is 3.98. The van der Waals surface area contributed by atoms with Gasteiger partial charge < -0.3 is 0 Å². The zero-order valence-corrected chi connectivity index (χ0v) is 38.3. The van der Waals surface area contributed by atoms with Crippen molar-refractivity contribution in [3.63, 3.8) is 0 Å². The molecule has 0 saturated heterocycles. The van der Waals surface area contributed by atoms with Gasteiger partial charge in [0.15, 0.2) is 0 Å². The quantitative estimate of drug-likeness (QED) is 0.0507. The Bertz CT molecular complexity index is 2110. The third-order valence-corrected chi connectivity index (χ3v) is 11.8. The molecule has 2 aliphatic rings. The summed E-state index contributed by atoms with van der Waals surface area (Å²) in [5.41, 5.74) is 2.20. The molecule has 0 radical (unpaired) electrons. The Balaban J connectivity index is 0.000000335. The fourth-order valence-electron chi connectivity index (χ4n) is 5.89. The van der Waals surface area contributed by atoms with E-state index in [1.807, 2.05) is 88.4 Å². The first-order valence-corrected chi connectivity index (χ1v) is 22.9. The largest absolute Gasteiger partial charge is 4.00 e. The van der Waals surface area contributed by atoms with Crippen LogP contribution >= 0.6 is 0 Å². The zero-order chi connectivity index (χ0) is 44.0. The Kier molecular flexibility index (Phi) is 24.4. The van der Waals surface area contributed by atoms with Crippen molar-refractivity contribution >= 4 is 20.0 Å². The summed E-state index contributed by atoms with van der Waals surface area (Å²) < 4.78 is 108. The molecule has 0 aliphatic heterocycles. The van der Waals surface area contributed by atoms with Gasteiger partial charge in [0.05, 0.1) is 9.79 Å². The van der Waals surface area contributed by atoms with Crippen LogP contribution in [0.5, 0.6) is 0 Å². The van der Waals surface area contributed by atoms with Gasteiger partial charge in [-0.15, -0.1) is 48.2 Å². The van der Waals surface area contributed by atoms with Gasteiger partial charge >= 0.3 is 21.7 Å². The smallest absolute Gasteiger partial charge is 0.273 e. The molecule has 61 heavy (non-hydrogen) atoms. The number of benzene rings is 4. The minimum atomic E-state index is -3.62. The van der Waals surface area contributed by atoms with Crippen molar-refractivity contribution in [2.75, 3.05) is 13.1 Å². The van der Waals surface area contributed by atoms with Crippen molar-refractivity contribution in [2.45, 2.75) is 88.9 Å². The van der Waals surface area contributed by atoms with Crippen molar-refractivity contribution in [3.05, 3.63) is 179 Å². The molecule has 2 N–H and O–H groups in total. The van der Waals surface area contributed by atoms with E-state index in [0.717, 1.165) is 36.1 Å². The number of aryl methyl sites for hydroxylation is 2. The monoisotopic (exact) mass is 910 g/mol. The third-order valence-electron chi connectivity index (χ3n) is 8.67. The molecule has 6 nitrogen and oxygen atoms in total. The predicted molar refractivity (Wildman–Crippen MR) is 231 cm³/mol. The SMILES string of the molecule is CC(C)Cc1ccccc1S(=O)(=O)NCCCc1ccc(F)[c-]c1F.CC(C)Cc1ccccc1S(=O)(=O)NCCCc1ccc(F)[c-]c1F.[C-]1=CC=CC1.[C-]1=CC=CC1.[Ti+4]. The van der Waals surface area contributed by atoms with Gasteiger partial charge in [0.1, 0.15) is 0 Å². The Labute approximate surface area is 376 Å². The number of halogens is 4. The molecule has 2 aliphatic carbocycles. The van der Waals surface area contributed by atoms with Crippen molar-refractivity contribution in [1.29, 1.82) is 0 Å². The molecule has 0 spiro atoms. The van der Waals surface area contributed by atoms with E-state index in [0.29, 0.717) is 61.5 Å². The number of hydrogen-bond donors (Lipinski definition) is 2. The van der Waals surface area contributed by atoms with Crippen LogP contribution in [0.25, 0.3) is 0 Å². The fraction of sp³-hybridized carbons (Fsp3) is 0.333. The van der Waals surface area contributed by atoms with E-state index in [9.17, 15) is 34.4 Å². The molecule has 0 saturated carbocycles. The molecule has 0 atom stereocenters. The summed E-state index contributed by atoms with van der Waals surface area (Å²) >= 11 is 0. The number of sulfonamides is 2. The topological polar surface area (TPSA) is 92.3 Å². The Morgan fingerprint density at radius 3 is 1.23 bits per heavy atom. The second kappa shape index (κ2) is 27.9. The van der Waals surface area contributed by atoms with Crippen LogP contribution in [-0.2, 0) is 67.4 Å². The molecule has 4 aromatic rings. The minimum Gasteiger partial charge on any atom is -0.273 e. The Morgan fingerprint density at radius 2 is 0.934 bits per heavy atom. The van der Waals surface area contributed by atoms with E-state index in [-0.39, 0.29) is 44.6 Å². The number of rotatable bonds is 16. The normalized spacial score (nSPS) is 12.6. The predicted octanol–water partition coefficient (Wildman–Crippen LogP) is 10.4. The second-order valence-electron chi connectivity index (χ2n) is 14.7. The van der Waals surface area contributed by atoms with Crippen molar-refractivity contribution in [1.82, 2.24) is 9.44 Å². The van der Waals surface area contributed by atoms with Crippen molar-refractivity contribution in [3.8, 4) is 0 Å². The summed E-state index contributed by atoms with van der Waals surface area (Å²) in [5.74, 6) is -2.27.